The van der Waals surface area contributed by atoms with Crippen LogP contribution in [0.25, 0.3) is 11.0 Å². The number of amides is 1. The van der Waals surface area contributed by atoms with Crippen molar-refractivity contribution in [1.29, 1.82) is 0 Å². The zero-order valence-corrected chi connectivity index (χ0v) is 16.1. The van der Waals surface area contributed by atoms with E-state index in [0.29, 0.717) is 24.4 Å². The summed E-state index contributed by atoms with van der Waals surface area (Å²) >= 11 is 1.39. The highest BCUT2D eigenvalue weighted by atomic mass is 32.2. The van der Waals surface area contributed by atoms with Crippen LogP contribution in [0.5, 0.6) is 0 Å². The highest BCUT2D eigenvalue weighted by molar-refractivity contribution is 7.99. The molecule has 0 fully saturated rings. The van der Waals surface area contributed by atoms with Crippen LogP contribution < -0.4 is 5.32 Å². The maximum Gasteiger partial charge on any atom is 0.234 e. The molecule has 3 aromatic rings. The Bertz CT molecular complexity index is 951. The van der Waals surface area contributed by atoms with Gasteiger partial charge < -0.3 is 14.6 Å². The Morgan fingerprint density at radius 2 is 1.89 bits per heavy atom. The predicted molar refractivity (Wildman–Crippen MR) is 107 cm³/mol. The lowest BCUT2D eigenvalue weighted by atomic mass is 10.1. The molecule has 0 bridgehead atoms. The minimum Gasteiger partial charge on any atom is -0.383 e. The summed E-state index contributed by atoms with van der Waals surface area (Å²) in [7, 11) is 1.66. The average Bonchev–Trinajstić information content (AvgIpc) is 3.02. The van der Waals surface area contributed by atoms with E-state index >= 15 is 0 Å². The predicted octanol–water partition coefficient (Wildman–Crippen LogP) is 3.62. The molecule has 140 valence electrons. The Morgan fingerprint density at radius 1 is 1.15 bits per heavy atom. The number of benzene rings is 2. The molecule has 1 N–H and O–H groups in total. The molecule has 0 aliphatic carbocycles. The van der Waals surface area contributed by atoms with E-state index in [0.717, 1.165) is 16.2 Å². The second-order valence-corrected chi connectivity index (χ2v) is 6.94. The van der Waals surface area contributed by atoms with Gasteiger partial charge in [0, 0.05) is 24.9 Å². The van der Waals surface area contributed by atoms with Crippen LogP contribution in [-0.4, -0.2) is 40.7 Å². The number of aromatic nitrogens is 2. The van der Waals surface area contributed by atoms with Gasteiger partial charge in [0.25, 0.3) is 0 Å². The maximum absolute atomic E-state index is 12.3. The first-order valence-corrected chi connectivity index (χ1v) is 9.55. The van der Waals surface area contributed by atoms with Gasteiger partial charge in [0.05, 0.1) is 23.4 Å². The minimum atomic E-state index is -0.124. The molecule has 0 atom stereocenters. The highest BCUT2D eigenvalue weighted by Gasteiger charge is 2.13. The number of methoxy groups -OCH3 is 1. The first kappa shape index (κ1) is 19.1. The number of para-hydroxylation sites is 2. The number of anilines is 1. The van der Waals surface area contributed by atoms with Crippen LogP contribution in [-0.2, 0) is 16.1 Å². The number of hydrogen-bond donors (Lipinski definition) is 1. The zero-order valence-electron chi connectivity index (χ0n) is 15.3. The van der Waals surface area contributed by atoms with Crippen molar-refractivity contribution in [2.24, 2.45) is 0 Å². The number of hydrogen-bond acceptors (Lipinski definition) is 5. The number of nitrogens with one attached hydrogen (secondary N) is 1. The molecule has 0 aliphatic rings. The number of rotatable bonds is 8. The topological polar surface area (TPSA) is 73.2 Å². The van der Waals surface area contributed by atoms with Gasteiger partial charge in [0.1, 0.15) is 0 Å². The van der Waals surface area contributed by atoms with Crippen molar-refractivity contribution < 1.29 is 14.3 Å². The van der Waals surface area contributed by atoms with Gasteiger partial charge in [-0.15, -0.1) is 0 Å². The van der Waals surface area contributed by atoms with Crippen molar-refractivity contribution in [2.45, 2.75) is 18.6 Å². The fourth-order valence-corrected chi connectivity index (χ4v) is 3.52. The number of carbonyl (C=O) groups is 2. The number of imidazole rings is 1. The normalized spacial score (nSPS) is 10.9. The monoisotopic (exact) mass is 383 g/mol. The molecule has 6 nitrogen and oxygen atoms in total. The summed E-state index contributed by atoms with van der Waals surface area (Å²) in [4.78, 5) is 28.2. The summed E-state index contributed by atoms with van der Waals surface area (Å²) in [6, 6.07) is 14.8. The lowest BCUT2D eigenvalue weighted by Gasteiger charge is -2.09. The molecule has 27 heavy (non-hydrogen) atoms. The highest BCUT2D eigenvalue weighted by Crippen LogP contribution is 2.24. The Morgan fingerprint density at radius 3 is 2.59 bits per heavy atom. The van der Waals surface area contributed by atoms with E-state index in [1.807, 2.05) is 24.3 Å². The van der Waals surface area contributed by atoms with Crippen molar-refractivity contribution in [3.63, 3.8) is 0 Å². The van der Waals surface area contributed by atoms with Gasteiger partial charge in [-0.1, -0.05) is 23.9 Å². The van der Waals surface area contributed by atoms with Crippen molar-refractivity contribution in [3.8, 4) is 0 Å². The molecule has 1 heterocycles. The first-order valence-electron chi connectivity index (χ1n) is 8.56. The molecule has 0 radical (unpaired) electrons. The number of thioether (sulfide) groups is 1. The molecule has 1 amide bonds. The Hall–Kier alpha value is -2.64. The lowest BCUT2D eigenvalue weighted by molar-refractivity contribution is -0.113. The molecule has 0 spiro atoms. The SMILES string of the molecule is COCCn1c(SCC(=O)Nc2ccc(C(C)=O)cc2)nc2ccccc21. The van der Waals surface area contributed by atoms with Crippen LogP contribution >= 0.6 is 11.8 Å². The summed E-state index contributed by atoms with van der Waals surface area (Å²) in [5, 5.41) is 3.63. The van der Waals surface area contributed by atoms with Crippen LogP contribution in [0.1, 0.15) is 17.3 Å². The Labute approximate surface area is 161 Å². The van der Waals surface area contributed by atoms with Crippen LogP contribution in [0.3, 0.4) is 0 Å². The van der Waals surface area contributed by atoms with E-state index in [4.69, 9.17) is 4.74 Å². The third-order valence-electron chi connectivity index (χ3n) is 4.05. The van der Waals surface area contributed by atoms with E-state index in [2.05, 4.69) is 14.9 Å². The van der Waals surface area contributed by atoms with E-state index in [9.17, 15) is 9.59 Å². The number of carbonyl (C=O) groups excluding carboxylic acids is 2. The van der Waals surface area contributed by atoms with E-state index in [-0.39, 0.29) is 17.4 Å². The zero-order chi connectivity index (χ0) is 19.2. The first-order chi connectivity index (χ1) is 13.1. The fraction of sp³-hybridized carbons (Fsp3) is 0.250. The summed E-state index contributed by atoms with van der Waals surface area (Å²) in [5.74, 6) is 0.115. The van der Waals surface area contributed by atoms with Gasteiger partial charge in [-0.2, -0.15) is 0 Å². The number of ketones is 1. The largest absolute Gasteiger partial charge is 0.383 e. The third kappa shape index (κ3) is 4.75. The smallest absolute Gasteiger partial charge is 0.234 e. The maximum atomic E-state index is 12.3. The van der Waals surface area contributed by atoms with Crippen molar-refractivity contribution in [2.75, 3.05) is 24.8 Å². The Balaban J connectivity index is 1.66. The molecular formula is C20H21N3O3S. The number of Topliss-reactive ketones (excluding diaryl/α,β-unsaturated/α-hetero) is 1. The number of ether oxygens (including phenoxy) is 1. The van der Waals surface area contributed by atoms with Gasteiger partial charge in [0.15, 0.2) is 10.9 Å². The quantitative estimate of drug-likeness (QED) is 0.475. The Kier molecular flexibility index (Phi) is 6.26. The fourth-order valence-electron chi connectivity index (χ4n) is 2.68. The number of fused-ring (bicyclic) bond motifs is 1. The van der Waals surface area contributed by atoms with Crippen LogP contribution in [0.2, 0.25) is 0 Å². The number of nitrogens with zero attached hydrogens (tertiary/aromatic N) is 2. The van der Waals surface area contributed by atoms with Gasteiger partial charge in [-0.05, 0) is 43.3 Å². The average molecular weight is 383 g/mol. The lowest BCUT2D eigenvalue weighted by Crippen LogP contribution is -2.15. The van der Waals surface area contributed by atoms with Crippen LogP contribution in [0, 0.1) is 0 Å². The molecule has 1 aromatic heterocycles. The van der Waals surface area contributed by atoms with Gasteiger partial charge in [0.2, 0.25) is 5.91 Å². The van der Waals surface area contributed by atoms with Crippen molar-refractivity contribution >= 4 is 40.2 Å². The molecular weight excluding hydrogens is 362 g/mol. The molecule has 7 heteroatoms. The summed E-state index contributed by atoms with van der Waals surface area (Å²) in [6.07, 6.45) is 0. The summed E-state index contributed by atoms with van der Waals surface area (Å²) in [6.45, 7) is 2.76. The van der Waals surface area contributed by atoms with Crippen LogP contribution in [0.4, 0.5) is 5.69 Å². The second-order valence-electron chi connectivity index (χ2n) is 6.00. The standard InChI is InChI=1S/C20H21N3O3S/c1-14(24)15-7-9-16(10-8-15)21-19(25)13-27-20-22-17-5-3-4-6-18(17)23(20)11-12-26-2/h3-10H,11-13H2,1-2H3,(H,21,25). The van der Waals surface area contributed by atoms with E-state index in [1.54, 1.807) is 31.4 Å². The van der Waals surface area contributed by atoms with Gasteiger partial charge in [-0.25, -0.2) is 4.98 Å². The van der Waals surface area contributed by atoms with Gasteiger partial charge in [-0.3, -0.25) is 9.59 Å². The van der Waals surface area contributed by atoms with Crippen molar-refractivity contribution in [1.82, 2.24) is 9.55 Å². The van der Waals surface area contributed by atoms with Crippen molar-refractivity contribution in [3.05, 3.63) is 54.1 Å². The second kappa shape index (κ2) is 8.83. The summed E-state index contributed by atoms with van der Waals surface area (Å²) < 4.78 is 7.26. The van der Waals surface area contributed by atoms with Crippen LogP contribution in [0.15, 0.2) is 53.7 Å². The molecule has 2 aromatic carbocycles. The molecule has 0 unspecified atom stereocenters. The third-order valence-corrected chi connectivity index (χ3v) is 5.02. The molecule has 0 saturated carbocycles. The summed E-state index contributed by atoms with van der Waals surface area (Å²) in [5.41, 5.74) is 3.21. The van der Waals surface area contributed by atoms with E-state index in [1.165, 1.54) is 18.7 Å². The van der Waals surface area contributed by atoms with Gasteiger partial charge >= 0.3 is 0 Å². The molecule has 0 aliphatic heterocycles. The van der Waals surface area contributed by atoms with E-state index < -0.39 is 0 Å². The minimum absolute atomic E-state index is 0.00149. The molecule has 0 saturated heterocycles. The molecule has 3 rings (SSSR count).